The Morgan fingerprint density at radius 3 is 2.39 bits per heavy atom. The number of methoxy groups -OCH3 is 1. The third-order valence-corrected chi connectivity index (χ3v) is 4.10. The predicted molar refractivity (Wildman–Crippen MR) is 107 cm³/mol. The number of carbonyl (C=O) groups is 1. The first-order valence-electron chi connectivity index (χ1n) is 8.26. The van der Waals surface area contributed by atoms with E-state index in [1.54, 1.807) is 55.5 Å². The van der Waals surface area contributed by atoms with E-state index in [2.05, 4.69) is 26.7 Å². The Bertz CT molecular complexity index is 1060. The molecule has 0 radical (unpaired) electrons. The first kappa shape index (κ1) is 19.1. The van der Waals surface area contributed by atoms with Crippen molar-refractivity contribution in [3.05, 3.63) is 70.5 Å². The van der Waals surface area contributed by atoms with Gasteiger partial charge in [0.15, 0.2) is 0 Å². The quantitative estimate of drug-likeness (QED) is 0.611. The molecule has 3 aromatic rings. The molecule has 8 heteroatoms. The van der Waals surface area contributed by atoms with Crippen molar-refractivity contribution in [2.24, 2.45) is 0 Å². The fraction of sp³-hybridized carbons (Fsp3) is 0.100. The van der Waals surface area contributed by atoms with Gasteiger partial charge in [0.2, 0.25) is 0 Å². The standard InChI is InChI=1S/C20H16ClN5O2/c1-12-23-18(25-15-6-3-13(11-22)4-7-15)10-19(24-12)26-17-9-14(20(27)28-2)5-8-16(17)21/h3-10H,1-2H3,(H2,23,24,25,26). The molecule has 0 spiro atoms. The molecule has 0 saturated heterocycles. The molecule has 0 bridgehead atoms. The third kappa shape index (κ3) is 4.55. The van der Waals surface area contributed by atoms with Gasteiger partial charge in [-0.2, -0.15) is 5.26 Å². The summed E-state index contributed by atoms with van der Waals surface area (Å²) in [6.07, 6.45) is 0. The topological polar surface area (TPSA) is 99.9 Å². The second kappa shape index (κ2) is 8.37. The monoisotopic (exact) mass is 393 g/mol. The van der Waals surface area contributed by atoms with Crippen LogP contribution in [0.25, 0.3) is 0 Å². The van der Waals surface area contributed by atoms with Gasteiger partial charge in [0.05, 0.1) is 35.0 Å². The maximum Gasteiger partial charge on any atom is 0.337 e. The Labute approximate surface area is 167 Å². The lowest BCUT2D eigenvalue weighted by Gasteiger charge is -2.12. The van der Waals surface area contributed by atoms with Crippen LogP contribution in [0.15, 0.2) is 48.5 Å². The smallest absolute Gasteiger partial charge is 0.337 e. The molecule has 0 amide bonds. The first-order chi connectivity index (χ1) is 13.5. The average Bonchev–Trinajstić information content (AvgIpc) is 2.69. The zero-order valence-corrected chi connectivity index (χ0v) is 15.9. The number of hydrogen-bond acceptors (Lipinski definition) is 7. The van der Waals surface area contributed by atoms with E-state index in [0.29, 0.717) is 39.3 Å². The maximum absolute atomic E-state index is 11.7. The fourth-order valence-electron chi connectivity index (χ4n) is 2.48. The number of carbonyl (C=O) groups excluding carboxylic acids is 1. The van der Waals surface area contributed by atoms with Crippen LogP contribution in [0.3, 0.4) is 0 Å². The van der Waals surface area contributed by atoms with E-state index in [4.69, 9.17) is 21.6 Å². The van der Waals surface area contributed by atoms with Gasteiger partial charge in [-0.25, -0.2) is 14.8 Å². The summed E-state index contributed by atoms with van der Waals surface area (Å²) < 4.78 is 4.74. The van der Waals surface area contributed by atoms with Crippen LogP contribution >= 0.6 is 11.6 Å². The maximum atomic E-state index is 11.7. The highest BCUT2D eigenvalue weighted by atomic mass is 35.5. The molecule has 28 heavy (non-hydrogen) atoms. The molecule has 0 aliphatic carbocycles. The molecule has 1 heterocycles. The number of nitriles is 1. The van der Waals surface area contributed by atoms with E-state index in [-0.39, 0.29) is 0 Å². The molecule has 0 atom stereocenters. The number of aromatic nitrogens is 2. The van der Waals surface area contributed by atoms with Crippen molar-refractivity contribution in [1.82, 2.24) is 9.97 Å². The summed E-state index contributed by atoms with van der Waals surface area (Å²) in [5, 5.41) is 15.6. The number of rotatable bonds is 5. The Kier molecular flexibility index (Phi) is 5.72. The molecule has 0 aliphatic rings. The lowest BCUT2D eigenvalue weighted by Crippen LogP contribution is -2.04. The minimum absolute atomic E-state index is 0.371. The van der Waals surface area contributed by atoms with Crippen molar-refractivity contribution in [3.8, 4) is 6.07 Å². The number of ether oxygens (including phenoxy) is 1. The van der Waals surface area contributed by atoms with Crippen LogP contribution in [0.1, 0.15) is 21.7 Å². The summed E-state index contributed by atoms with van der Waals surface area (Å²) in [4.78, 5) is 20.5. The first-order valence-corrected chi connectivity index (χ1v) is 8.64. The van der Waals surface area contributed by atoms with Gasteiger partial charge in [-0.1, -0.05) is 11.6 Å². The molecule has 140 valence electrons. The molecule has 0 unspecified atom stereocenters. The van der Waals surface area contributed by atoms with Crippen molar-refractivity contribution in [1.29, 1.82) is 5.26 Å². The van der Waals surface area contributed by atoms with Crippen LogP contribution in [0.4, 0.5) is 23.0 Å². The van der Waals surface area contributed by atoms with Crippen molar-refractivity contribution in [3.63, 3.8) is 0 Å². The second-order valence-corrected chi connectivity index (χ2v) is 6.22. The third-order valence-electron chi connectivity index (χ3n) is 3.77. The van der Waals surface area contributed by atoms with Crippen LogP contribution in [-0.2, 0) is 4.74 Å². The van der Waals surface area contributed by atoms with Crippen molar-refractivity contribution < 1.29 is 9.53 Å². The number of esters is 1. The Morgan fingerprint density at radius 1 is 1.07 bits per heavy atom. The lowest BCUT2D eigenvalue weighted by atomic mass is 10.2. The second-order valence-electron chi connectivity index (χ2n) is 5.81. The van der Waals surface area contributed by atoms with Gasteiger partial charge in [0.1, 0.15) is 17.5 Å². The number of anilines is 4. The lowest BCUT2D eigenvalue weighted by molar-refractivity contribution is 0.0601. The minimum atomic E-state index is -0.457. The number of nitrogens with one attached hydrogen (secondary N) is 2. The molecule has 2 aromatic carbocycles. The van der Waals surface area contributed by atoms with Crippen LogP contribution in [0.2, 0.25) is 5.02 Å². The average molecular weight is 394 g/mol. The largest absolute Gasteiger partial charge is 0.465 e. The highest BCUT2D eigenvalue weighted by molar-refractivity contribution is 6.33. The Hall–Kier alpha value is -3.63. The van der Waals surface area contributed by atoms with Gasteiger partial charge in [-0.3, -0.25) is 0 Å². The molecule has 1 aromatic heterocycles. The summed E-state index contributed by atoms with van der Waals surface area (Å²) in [5.74, 6) is 1.16. The summed E-state index contributed by atoms with van der Waals surface area (Å²) in [6.45, 7) is 1.77. The van der Waals surface area contributed by atoms with Gasteiger partial charge >= 0.3 is 5.97 Å². The number of benzene rings is 2. The predicted octanol–water partition coefficient (Wildman–Crippen LogP) is 4.58. The van der Waals surface area contributed by atoms with Gasteiger partial charge in [0, 0.05) is 11.8 Å². The van der Waals surface area contributed by atoms with Crippen molar-refractivity contribution in [2.45, 2.75) is 6.92 Å². The van der Waals surface area contributed by atoms with Crippen LogP contribution in [0, 0.1) is 18.3 Å². The zero-order chi connectivity index (χ0) is 20.1. The summed E-state index contributed by atoms with van der Waals surface area (Å²) in [6, 6.07) is 15.6. The van der Waals surface area contributed by atoms with E-state index in [9.17, 15) is 4.79 Å². The highest BCUT2D eigenvalue weighted by Gasteiger charge is 2.11. The van der Waals surface area contributed by atoms with E-state index in [1.807, 2.05) is 0 Å². The number of nitrogens with zero attached hydrogens (tertiary/aromatic N) is 3. The van der Waals surface area contributed by atoms with Gasteiger partial charge in [-0.05, 0) is 49.4 Å². The van der Waals surface area contributed by atoms with Gasteiger partial charge < -0.3 is 15.4 Å². The van der Waals surface area contributed by atoms with E-state index in [0.717, 1.165) is 5.69 Å². The molecule has 3 rings (SSSR count). The molecular formula is C20H16ClN5O2. The van der Waals surface area contributed by atoms with E-state index in [1.165, 1.54) is 7.11 Å². The van der Waals surface area contributed by atoms with Crippen LogP contribution < -0.4 is 10.6 Å². The SMILES string of the molecule is COC(=O)c1ccc(Cl)c(Nc2cc(Nc3ccc(C#N)cc3)nc(C)n2)c1. The zero-order valence-electron chi connectivity index (χ0n) is 15.2. The summed E-state index contributed by atoms with van der Waals surface area (Å²) >= 11 is 6.23. The van der Waals surface area contributed by atoms with E-state index < -0.39 is 5.97 Å². The Morgan fingerprint density at radius 2 is 1.75 bits per heavy atom. The molecule has 0 aliphatic heterocycles. The van der Waals surface area contributed by atoms with Crippen molar-refractivity contribution >= 4 is 40.6 Å². The number of hydrogen-bond donors (Lipinski definition) is 2. The van der Waals surface area contributed by atoms with Crippen LogP contribution in [-0.4, -0.2) is 23.0 Å². The fourth-order valence-corrected chi connectivity index (χ4v) is 2.64. The highest BCUT2D eigenvalue weighted by Crippen LogP contribution is 2.27. The normalized spacial score (nSPS) is 10.1. The number of halogens is 1. The van der Waals surface area contributed by atoms with Gasteiger partial charge in [-0.15, -0.1) is 0 Å². The summed E-state index contributed by atoms with van der Waals surface area (Å²) in [7, 11) is 1.32. The molecule has 7 nitrogen and oxygen atoms in total. The molecule has 2 N–H and O–H groups in total. The molecule has 0 fully saturated rings. The van der Waals surface area contributed by atoms with E-state index >= 15 is 0 Å². The van der Waals surface area contributed by atoms with Gasteiger partial charge in [0.25, 0.3) is 0 Å². The molecule has 0 saturated carbocycles. The minimum Gasteiger partial charge on any atom is -0.465 e. The summed E-state index contributed by atoms with van der Waals surface area (Å²) in [5.41, 5.74) is 2.25. The van der Waals surface area contributed by atoms with Crippen LogP contribution in [0.5, 0.6) is 0 Å². The molecular weight excluding hydrogens is 378 g/mol. The van der Waals surface area contributed by atoms with Crippen molar-refractivity contribution in [2.75, 3.05) is 17.7 Å². The Balaban J connectivity index is 1.85. The number of aryl methyl sites for hydroxylation is 1.